The van der Waals surface area contributed by atoms with Crippen LogP contribution in [-0.4, -0.2) is 34.4 Å². The third kappa shape index (κ3) is 2.42. The Labute approximate surface area is 99.7 Å². The number of rotatable bonds is 2. The summed E-state index contributed by atoms with van der Waals surface area (Å²) in [5.41, 5.74) is 0.468. The first-order valence-corrected chi connectivity index (χ1v) is 7.02. The third-order valence-corrected chi connectivity index (χ3v) is 4.95. The van der Waals surface area contributed by atoms with Crippen molar-refractivity contribution in [2.24, 2.45) is 0 Å². The molecule has 1 aliphatic rings. The number of nitrogens with one attached hydrogen (secondary N) is 1. The molecule has 0 aromatic heterocycles. The van der Waals surface area contributed by atoms with Gasteiger partial charge in [0, 0.05) is 13.1 Å². The van der Waals surface area contributed by atoms with Crippen molar-refractivity contribution in [2.75, 3.05) is 26.0 Å². The monoisotopic (exact) mass is 259 g/mol. The average Bonchev–Trinajstić information content (AvgIpc) is 2.28. The fraction of sp³-hybridized carbons (Fsp3) is 0.455. The second-order valence-electron chi connectivity index (χ2n) is 3.95. The number of ether oxygens (including phenoxy) is 1. The SMILES string of the molecule is COc1ccc(C2CNCCS2(=O)=O)cc1F. The molecule has 1 fully saturated rings. The van der Waals surface area contributed by atoms with E-state index in [9.17, 15) is 12.8 Å². The maximum atomic E-state index is 13.5. The number of methoxy groups -OCH3 is 1. The molecule has 0 spiro atoms. The first-order chi connectivity index (χ1) is 8.04. The number of benzene rings is 1. The molecule has 1 N–H and O–H groups in total. The van der Waals surface area contributed by atoms with Crippen LogP contribution >= 0.6 is 0 Å². The first kappa shape index (κ1) is 12.3. The molecule has 0 aliphatic carbocycles. The van der Waals surface area contributed by atoms with Gasteiger partial charge in [0.05, 0.1) is 18.1 Å². The highest BCUT2D eigenvalue weighted by Gasteiger charge is 2.30. The van der Waals surface area contributed by atoms with Crippen LogP contribution in [0.4, 0.5) is 4.39 Å². The fourth-order valence-electron chi connectivity index (χ4n) is 1.92. The summed E-state index contributed by atoms with van der Waals surface area (Å²) in [6.45, 7) is 0.783. The van der Waals surface area contributed by atoms with Gasteiger partial charge in [-0.25, -0.2) is 12.8 Å². The predicted molar refractivity (Wildman–Crippen MR) is 62.3 cm³/mol. The predicted octanol–water partition coefficient (Wildman–Crippen LogP) is 0.893. The number of hydrogen-bond donors (Lipinski definition) is 1. The summed E-state index contributed by atoms with van der Waals surface area (Å²) >= 11 is 0. The van der Waals surface area contributed by atoms with Crippen molar-refractivity contribution in [3.63, 3.8) is 0 Å². The molecule has 1 aliphatic heterocycles. The fourth-order valence-corrected chi connectivity index (χ4v) is 3.57. The summed E-state index contributed by atoms with van der Waals surface area (Å²) in [6, 6.07) is 4.28. The van der Waals surface area contributed by atoms with Gasteiger partial charge in [-0.3, -0.25) is 0 Å². The number of hydrogen-bond acceptors (Lipinski definition) is 4. The molecule has 0 saturated carbocycles. The molecule has 1 heterocycles. The summed E-state index contributed by atoms with van der Waals surface area (Å²) in [6.07, 6.45) is 0. The zero-order valence-corrected chi connectivity index (χ0v) is 10.3. The molecule has 94 valence electrons. The average molecular weight is 259 g/mol. The second-order valence-corrected chi connectivity index (χ2v) is 6.26. The lowest BCUT2D eigenvalue weighted by Crippen LogP contribution is -2.38. The minimum atomic E-state index is -3.18. The number of halogens is 1. The molecule has 0 radical (unpaired) electrons. The van der Waals surface area contributed by atoms with Crippen LogP contribution in [0.15, 0.2) is 18.2 Å². The van der Waals surface area contributed by atoms with Crippen molar-refractivity contribution in [1.29, 1.82) is 0 Å². The van der Waals surface area contributed by atoms with Crippen LogP contribution in [0.25, 0.3) is 0 Å². The molecule has 1 saturated heterocycles. The minimum Gasteiger partial charge on any atom is -0.494 e. The molecular weight excluding hydrogens is 245 g/mol. The number of sulfone groups is 1. The van der Waals surface area contributed by atoms with E-state index >= 15 is 0 Å². The van der Waals surface area contributed by atoms with E-state index in [1.54, 1.807) is 6.07 Å². The summed E-state index contributed by atoms with van der Waals surface area (Å²) in [7, 11) is -1.81. The van der Waals surface area contributed by atoms with Crippen LogP contribution in [0.2, 0.25) is 0 Å². The van der Waals surface area contributed by atoms with E-state index in [0.717, 1.165) is 0 Å². The Bertz CT molecular complexity index is 515. The van der Waals surface area contributed by atoms with Gasteiger partial charge in [0.1, 0.15) is 0 Å². The Morgan fingerprint density at radius 1 is 1.47 bits per heavy atom. The highest BCUT2D eigenvalue weighted by atomic mass is 32.2. The van der Waals surface area contributed by atoms with E-state index in [1.807, 2.05) is 0 Å². The van der Waals surface area contributed by atoms with Crippen molar-refractivity contribution in [3.05, 3.63) is 29.6 Å². The maximum absolute atomic E-state index is 13.5. The highest BCUT2D eigenvalue weighted by molar-refractivity contribution is 7.91. The molecule has 1 unspecified atom stereocenters. The smallest absolute Gasteiger partial charge is 0.165 e. The van der Waals surface area contributed by atoms with Gasteiger partial charge in [0.25, 0.3) is 0 Å². The first-order valence-electron chi connectivity index (χ1n) is 5.30. The normalized spacial score (nSPS) is 23.3. The van der Waals surface area contributed by atoms with Crippen molar-refractivity contribution in [2.45, 2.75) is 5.25 Å². The quantitative estimate of drug-likeness (QED) is 0.857. The lowest BCUT2D eigenvalue weighted by Gasteiger charge is -2.23. The van der Waals surface area contributed by atoms with Gasteiger partial charge in [0.15, 0.2) is 21.4 Å². The maximum Gasteiger partial charge on any atom is 0.165 e. The Morgan fingerprint density at radius 3 is 2.82 bits per heavy atom. The summed E-state index contributed by atoms with van der Waals surface area (Å²) in [4.78, 5) is 0. The zero-order valence-electron chi connectivity index (χ0n) is 9.44. The topological polar surface area (TPSA) is 55.4 Å². The Morgan fingerprint density at radius 2 is 2.24 bits per heavy atom. The summed E-state index contributed by atoms with van der Waals surface area (Å²) in [5.74, 6) is -0.327. The molecule has 2 rings (SSSR count). The van der Waals surface area contributed by atoms with E-state index in [4.69, 9.17) is 4.74 Å². The van der Waals surface area contributed by atoms with E-state index in [1.165, 1.54) is 19.2 Å². The molecule has 1 aromatic rings. The van der Waals surface area contributed by atoms with Crippen LogP contribution < -0.4 is 10.1 Å². The summed E-state index contributed by atoms with van der Waals surface area (Å²) < 4.78 is 42.0. The van der Waals surface area contributed by atoms with Crippen molar-refractivity contribution < 1.29 is 17.5 Å². The van der Waals surface area contributed by atoms with Gasteiger partial charge in [0.2, 0.25) is 0 Å². The molecular formula is C11H14FNO3S. The van der Waals surface area contributed by atoms with Crippen LogP contribution in [0.1, 0.15) is 10.8 Å². The van der Waals surface area contributed by atoms with E-state index in [2.05, 4.69) is 5.32 Å². The molecule has 4 nitrogen and oxygen atoms in total. The van der Waals surface area contributed by atoms with E-state index in [-0.39, 0.29) is 11.5 Å². The van der Waals surface area contributed by atoms with E-state index < -0.39 is 20.9 Å². The molecule has 1 aromatic carbocycles. The minimum absolute atomic E-state index is 0.0886. The van der Waals surface area contributed by atoms with Crippen LogP contribution in [0.5, 0.6) is 5.75 Å². The molecule has 6 heteroatoms. The van der Waals surface area contributed by atoms with Crippen molar-refractivity contribution >= 4 is 9.84 Å². The van der Waals surface area contributed by atoms with E-state index in [0.29, 0.717) is 18.7 Å². The molecule has 17 heavy (non-hydrogen) atoms. The Balaban J connectivity index is 2.36. The van der Waals surface area contributed by atoms with Crippen LogP contribution in [0, 0.1) is 5.82 Å². The van der Waals surface area contributed by atoms with Gasteiger partial charge >= 0.3 is 0 Å². The largest absolute Gasteiger partial charge is 0.494 e. The van der Waals surface area contributed by atoms with Crippen molar-refractivity contribution in [3.8, 4) is 5.75 Å². The third-order valence-electron chi connectivity index (χ3n) is 2.87. The molecule has 1 atom stereocenters. The van der Waals surface area contributed by atoms with Crippen molar-refractivity contribution in [1.82, 2.24) is 5.32 Å². The van der Waals surface area contributed by atoms with Gasteiger partial charge in [-0.2, -0.15) is 0 Å². The Kier molecular flexibility index (Phi) is 3.35. The highest BCUT2D eigenvalue weighted by Crippen LogP contribution is 2.28. The summed E-state index contributed by atoms with van der Waals surface area (Å²) in [5, 5.41) is 2.33. The molecule has 0 bridgehead atoms. The second kappa shape index (κ2) is 4.62. The van der Waals surface area contributed by atoms with Crippen LogP contribution in [-0.2, 0) is 9.84 Å². The van der Waals surface area contributed by atoms with Gasteiger partial charge in [-0.15, -0.1) is 0 Å². The van der Waals surface area contributed by atoms with Gasteiger partial charge in [-0.05, 0) is 17.7 Å². The molecule has 0 amide bonds. The van der Waals surface area contributed by atoms with Gasteiger partial charge in [-0.1, -0.05) is 6.07 Å². The lowest BCUT2D eigenvalue weighted by molar-refractivity contribution is 0.386. The van der Waals surface area contributed by atoms with Gasteiger partial charge < -0.3 is 10.1 Å². The Hall–Kier alpha value is -1.14. The van der Waals surface area contributed by atoms with Crippen LogP contribution in [0.3, 0.4) is 0 Å². The standard InChI is InChI=1S/C11H14FNO3S/c1-16-10-3-2-8(6-9(10)12)11-7-13-4-5-17(11,14)15/h2-3,6,11,13H,4-5,7H2,1H3. The lowest BCUT2D eigenvalue weighted by atomic mass is 10.1. The zero-order chi connectivity index (χ0) is 12.5.